The highest BCUT2D eigenvalue weighted by Gasteiger charge is 2.36. The van der Waals surface area contributed by atoms with Gasteiger partial charge in [-0.3, -0.25) is 4.79 Å². The molecule has 1 heterocycles. The summed E-state index contributed by atoms with van der Waals surface area (Å²) in [7, 11) is 1.70. The largest absolute Gasteiger partial charge is 0.465 e. The minimum atomic E-state index is -1.05. The number of halogens is 3. The summed E-state index contributed by atoms with van der Waals surface area (Å²) in [5.74, 6) is -0.537. The Labute approximate surface area is 191 Å². The Kier molecular flexibility index (Phi) is 7.02. The molecule has 1 saturated heterocycles. The molecule has 0 radical (unpaired) electrons. The first kappa shape index (κ1) is 22.6. The third-order valence-corrected chi connectivity index (χ3v) is 7.06. The molecule has 3 rings (SSSR count). The van der Waals surface area contributed by atoms with Gasteiger partial charge in [-0.1, -0.05) is 6.07 Å². The summed E-state index contributed by atoms with van der Waals surface area (Å²) in [6, 6.07) is 9.49. The summed E-state index contributed by atoms with van der Waals surface area (Å²) >= 11 is 6.90. The van der Waals surface area contributed by atoms with E-state index < -0.39 is 12.1 Å². The average Bonchev–Trinajstić information content (AvgIpc) is 2.70. The minimum Gasteiger partial charge on any atom is -0.465 e. The summed E-state index contributed by atoms with van der Waals surface area (Å²) in [6.45, 7) is 2.85. The second-order valence-electron chi connectivity index (χ2n) is 7.31. The fourth-order valence-electron chi connectivity index (χ4n) is 3.64. The fraction of sp³-hybridized carbons (Fsp3) is 0.333. The van der Waals surface area contributed by atoms with Gasteiger partial charge in [-0.15, -0.1) is 0 Å². The summed E-state index contributed by atoms with van der Waals surface area (Å²) in [4.78, 5) is 29.6. The van der Waals surface area contributed by atoms with E-state index in [4.69, 9.17) is 0 Å². The third-order valence-electron chi connectivity index (χ3n) is 5.18. The quantitative estimate of drug-likeness (QED) is 0.618. The highest BCUT2D eigenvalue weighted by atomic mass is 79.9. The van der Waals surface area contributed by atoms with Crippen molar-refractivity contribution in [2.45, 2.75) is 19.5 Å². The van der Waals surface area contributed by atoms with Crippen LogP contribution in [0, 0.1) is 12.7 Å². The summed E-state index contributed by atoms with van der Waals surface area (Å²) in [6.07, 6.45) is -1.05. The van der Waals surface area contributed by atoms with E-state index in [1.165, 1.54) is 17.0 Å². The number of aryl methyl sites for hydroxylation is 1. The summed E-state index contributed by atoms with van der Waals surface area (Å²) < 4.78 is 15.4. The number of amides is 2. The van der Waals surface area contributed by atoms with Gasteiger partial charge < -0.3 is 19.8 Å². The molecule has 1 atom stereocenters. The second kappa shape index (κ2) is 9.34. The Morgan fingerprint density at radius 3 is 2.53 bits per heavy atom. The van der Waals surface area contributed by atoms with Crippen LogP contribution in [-0.4, -0.2) is 59.6 Å². The molecule has 30 heavy (non-hydrogen) atoms. The molecule has 1 fully saturated rings. The van der Waals surface area contributed by atoms with Gasteiger partial charge in [0.05, 0.1) is 6.54 Å². The molecular formula is C21H22Br2FN3O3. The number of hydrogen-bond donors (Lipinski definition) is 1. The molecule has 6 nitrogen and oxygen atoms in total. The van der Waals surface area contributed by atoms with E-state index in [0.29, 0.717) is 18.7 Å². The van der Waals surface area contributed by atoms with Gasteiger partial charge in [0.2, 0.25) is 5.91 Å². The number of anilines is 1. The van der Waals surface area contributed by atoms with Crippen molar-refractivity contribution < 1.29 is 19.1 Å². The molecule has 2 amide bonds. The van der Waals surface area contributed by atoms with Crippen LogP contribution in [0.3, 0.4) is 0 Å². The van der Waals surface area contributed by atoms with Crippen LogP contribution in [0.4, 0.5) is 14.9 Å². The Balaban J connectivity index is 1.86. The zero-order valence-corrected chi connectivity index (χ0v) is 19.8. The first-order valence-electron chi connectivity index (χ1n) is 9.37. The predicted octanol–water partition coefficient (Wildman–Crippen LogP) is 4.49. The minimum absolute atomic E-state index is 0.0549. The first-order chi connectivity index (χ1) is 14.2. The van der Waals surface area contributed by atoms with Crippen molar-refractivity contribution >= 4 is 49.5 Å². The molecule has 2 aromatic carbocycles. The SMILES string of the molecule is Cc1cc(F)ccc1N1CCN(C(=O)O)CC1C(=O)N(C)Cc1ccc(Br)c(Br)c1. The number of carboxylic acid groups (broad SMARTS) is 1. The van der Waals surface area contributed by atoms with Crippen molar-refractivity contribution in [2.75, 3.05) is 31.6 Å². The van der Waals surface area contributed by atoms with Gasteiger partial charge in [0.15, 0.2) is 0 Å². The van der Waals surface area contributed by atoms with E-state index >= 15 is 0 Å². The molecule has 1 aliphatic heterocycles. The van der Waals surface area contributed by atoms with Crippen molar-refractivity contribution in [3.8, 4) is 0 Å². The number of hydrogen-bond acceptors (Lipinski definition) is 3. The lowest BCUT2D eigenvalue weighted by molar-refractivity contribution is -0.132. The van der Waals surface area contributed by atoms with E-state index in [9.17, 15) is 19.1 Å². The lowest BCUT2D eigenvalue weighted by Gasteiger charge is -2.42. The normalized spacial score (nSPS) is 16.5. The highest BCUT2D eigenvalue weighted by Crippen LogP contribution is 2.27. The number of carbonyl (C=O) groups excluding carboxylic acids is 1. The maximum absolute atomic E-state index is 13.6. The molecule has 0 aromatic heterocycles. The topological polar surface area (TPSA) is 64.1 Å². The van der Waals surface area contributed by atoms with Crippen molar-refractivity contribution in [2.24, 2.45) is 0 Å². The number of piperazine rings is 1. The zero-order valence-electron chi connectivity index (χ0n) is 16.6. The molecule has 0 saturated carbocycles. The Morgan fingerprint density at radius 2 is 1.90 bits per heavy atom. The number of benzene rings is 2. The fourth-order valence-corrected chi connectivity index (χ4v) is 4.31. The monoisotopic (exact) mass is 541 g/mol. The highest BCUT2D eigenvalue weighted by molar-refractivity contribution is 9.13. The van der Waals surface area contributed by atoms with E-state index in [0.717, 1.165) is 20.2 Å². The Bertz CT molecular complexity index is 973. The lowest BCUT2D eigenvalue weighted by atomic mass is 10.1. The second-order valence-corrected chi connectivity index (χ2v) is 9.02. The van der Waals surface area contributed by atoms with Gasteiger partial charge in [-0.25, -0.2) is 9.18 Å². The summed E-state index contributed by atoms with van der Waals surface area (Å²) in [5.41, 5.74) is 2.38. The molecular weight excluding hydrogens is 521 g/mol. The molecule has 9 heteroatoms. The van der Waals surface area contributed by atoms with Crippen molar-refractivity contribution in [1.82, 2.24) is 9.80 Å². The van der Waals surface area contributed by atoms with Crippen molar-refractivity contribution in [3.05, 3.63) is 62.3 Å². The number of rotatable bonds is 4. The molecule has 0 spiro atoms. The van der Waals surface area contributed by atoms with Gasteiger partial charge in [0.25, 0.3) is 0 Å². The molecule has 1 aliphatic rings. The van der Waals surface area contributed by atoms with Crippen LogP contribution in [0.25, 0.3) is 0 Å². The van der Waals surface area contributed by atoms with Crippen LogP contribution in [0.15, 0.2) is 45.3 Å². The standard InChI is InChI=1S/C21H22Br2FN3O3/c1-13-9-15(24)4-6-18(13)27-8-7-26(21(29)30)12-19(27)20(28)25(2)11-14-3-5-16(22)17(23)10-14/h3-6,9-10,19H,7-8,11-12H2,1-2H3,(H,29,30). The summed E-state index contributed by atoms with van der Waals surface area (Å²) in [5, 5.41) is 9.44. The van der Waals surface area contributed by atoms with Crippen LogP contribution in [-0.2, 0) is 11.3 Å². The van der Waals surface area contributed by atoms with Crippen LogP contribution in [0.1, 0.15) is 11.1 Å². The maximum Gasteiger partial charge on any atom is 0.407 e. The van der Waals surface area contributed by atoms with E-state index in [1.807, 2.05) is 23.1 Å². The zero-order chi connectivity index (χ0) is 22.0. The molecule has 160 valence electrons. The van der Waals surface area contributed by atoms with Crippen LogP contribution in [0.5, 0.6) is 0 Å². The number of likely N-dealkylation sites (N-methyl/N-ethyl adjacent to an activating group) is 1. The van der Waals surface area contributed by atoms with E-state index in [-0.39, 0.29) is 24.8 Å². The van der Waals surface area contributed by atoms with Gasteiger partial charge >= 0.3 is 6.09 Å². The smallest absolute Gasteiger partial charge is 0.407 e. The van der Waals surface area contributed by atoms with E-state index in [1.54, 1.807) is 24.9 Å². The van der Waals surface area contributed by atoms with Crippen molar-refractivity contribution in [1.29, 1.82) is 0 Å². The molecule has 0 aliphatic carbocycles. The number of carbonyl (C=O) groups is 2. The average molecular weight is 543 g/mol. The Morgan fingerprint density at radius 1 is 1.17 bits per heavy atom. The predicted molar refractivity (Wildman–Crippen MR) is 120 cm³/mol. The molecule has 1 N–H and O–H groups in total. The number of nitrogens with zero attached hydrogens (tertiary/aromatic N) is 3. The van der Waals surface area contributed by atoms with Gasteiger partial charge in [0, 0.05) is 41.3 Å². The van der Waals surface area contributed by atoms with Gasteiger partial charge in [0.1, 0.15) is 11.9 Å². The Hall–Kier alpha value is -2.13. The molecule has 1 unspecified atom stereocenters. The third kappa shape index (κ3) is 4.95. The van der Waals surface area contributed by atoms with E-state index in [2.05, 4.69) is 31.9 Å². The van der Waals surface area contributed by atoms with Crippen LogP contribution >= 0.6 is 31.9 Å². The first-order valence-corrected chi connectivity index (χ1v) is 11.0. The van der Waals surface area contributed by atoms with Gasteiger partial charge in [-0.05, 0) is 80.2 Å². The lowest BCUT2D eigenvalue weighted by Crippen LogP contribution is -2.60. The molecule has 0 bridgehead atoms. The molecule has 2 aromatic rings. The van der Waals surface area contributed by atoms with Crippen molar-refractivity contribution in [3.63, 3.8) is 0 Å². The van der Waals surface area contributed by atoms with Crippen LogP contribution < -0.4 is 4.90 Å². The maximum atomic E-state index is 13.6. The van der Waals surface area contributed by atoms with Crippen LogP contribution in [0.2, 0.25) is 0 Å². The van der Waals surface area contributed by atoms with Gasteiger partial charge in [-0.2, -0.15) is 0 Å².